The maximum absolute atomic E-state index is 4.65. The smallest absolute Gasteiger partial charge is 0.112 e. The third kappa shape index (κ3) is 3.03. The lowest BCUT2D eigenvalue weighted by Crippen LogP contribution is -1.99. The van der Waals surface area contributed by atoms with Crippen molar-refractivity contribution in [3.8, 4) is 11.3 Å². The highest BCUT2D eigenvalue weighted by molar-refractivity contribution is 7.09. The van der Waals surface area contributed by atoms with Crippen LogP contribution in [-0.2, 0) is 6.54 Å². The van der Waals surface area contributed by atoms with Crippen molar-refractivity contribution in [2.75, 3.05) is 5.32 Å². The van der Waals surface area contributed by atoms with Gasteiger partial charge >= 0.3 is 0 Å². The summed E-state index contributed by atoms with van der Waals surface area (Å²) in [6.07, 6.45) is 3.68. The lowest BCUT2D eigenvalue weighted by atomic mass is 10.2. The van der Waals surface area contributed by atoms with Gasteiger partial charge in [-0.25, -0.2) is 4.98 Å². The molecule has 0 aliphatic heterocycles. The third-order valence-electron chi connectivity index (χ3n) is 2.94. The quantitative estimate of drug-likeness (QED) is 0.781. The van der Waals surface area contributed by atoms with Gasteiger partial charge in [-0.1, -0.05) is 30.3 Å². The van der Waals surface area contributed by atoms with E-state index in [0.717, 1.165) is 34.1 Å². The van der Waals surface area contributed by atoms with Gasteiger partial charge in [-0.15, -0.1) is 11.3 Å². The summed E-state index contributed by atoms with van der Waals surface area (Å²) < 4.78 is 0. The molecule has 0 bridgehead atoms. The molecule has 0 atom stereocenters. The largest absolute Gasteiger partial charge is 0.377 e. The molecule has 4 heteroatoms. The fraction of sp³-hybridized carbons (Fsp3) is 0.125. The molecule has 20 heavy (non-hydrogen) atoms. The standard InChI is InChI=1S/C16H15N3S/c1-12-7-14(9-17-8-12)18-10-16-19-15(11-20-16)13-5-3-2-4-6-13/h2-9,11,18H,10H2,1H3. The molecule has 0 saturated carbocycles. The monoisotopic (exact) mass is 281 g/mol. The highest BCUT2D eigenvalue weighted by Crippen LogP contribution is 2.22. The second-order valence-corrected chi connectivity index (χ2v) is 5.54. The molecule has 0 aliphatic rings. The highest BCUT2D eigenvalue weighted by atomic mass is 32.1. The van der Waals surface area contributed by atoms with E-state index in [1.54, 1.807) is 11.3 Å². The molecule has 0 spiro atoms. The molecule has 1 aromatic carbocycles. The number of aromatic nitrogens is 2. The summed E-state index contributed by atoms with van der Waals surface area (Å²) in [7, 11) is 0. The second kappa shape index (κ2) is 5.84. The van der Waals surface area contributed by atoms with Gasteiger partial charge in [0.15, 0.2) is 0 Å². The summed E-state index contributed by atoms with van der Waals surface area (Å²) in [4.78, 5) is 8.82. The number of nitrogens with zero attached hydrogens (tertiary/aromatic N) is 2. The topological polar surface area (TPSA) is 37.8 Å². The summed E-state index contributed by atoms with van der Waals surface area (Å²) >= 11 is 1.67. The number of rotatable bonds is 4. The van der Waals surface area contributed by atoms with Crippen LogP contribution in [-0.4, -0.2) is 9.97 Å². The van der Waals surface area contributed by atoms with Gasteiger partial charge in [-0.05, 0) is 18.6 Å². The van der Waals surface area contributed by atoms with Crippen molar-refractivity contribution in [1.82, 2.24) is 9.97 Å². The van der Waals surface area contributed by atoms with Crippen molar-refractivity contribution in [3.63, 3.8) is 0 Å². The lowest BCUT2D eigenvalue weighted by molar-refractivity contribution is 1.09. The summed E-state index contributed by atoms with van der Waals surface area (Å²) in [5.74, 6) is 0. The predicted molar refractivity (Wildman–Crippen MR) is 83.9 cm³/mol. The molecule has 0 amide bonds. The van der Waals surface area contributed by atoms with E-state index in [9.17, 15) is 0 Å². The molecule has 3 aromatic rings. The fourth-order valence-corrected chi connectivity index (χ4v) is 2.71. The number of thiazole rings is 1. The van der Waals surface area contributed by atoms with E-state index in [1.807, 2.05) is 37.5 Å². The summed E-state index contributed by atoms with van der Waals surface area (Å²) in [6, 6.07) is 12.3. The molecule has 1 N–H and O–H groups in total. The van der Waals surface area contributed by atoms with Crippen molar-refractivity contribution in [3.05, 3.63) is 64.7 Å². The Bertz CT molecular complexity index is 692. The molecule has 0 radical (unpaired) electrons. The lowest BCUT2D eigenvalue weighted by Gasteiger charge is -2.04. The maximum atomic E-state index is 4.65. The van der Waals surface area contributed by atoms with Gasteiger partial charge < -0.3 is 5.32 Å². The second-order valence-electron chi connectivity index (χ2n) is 4.60. The van der Waals surface area contributed by atoms with E-state index in [0.29, 0.717) is 0 Å². The SMILES string of the molecule is Cc1cncc(NCc2nc(-c3ccccc3)cs2)c1. The summed E-state index contributed by atoms with van der Waals surface area (Å²) in [6.45, 7) is 2.76. The van der Waals surface area contributed by atoms with Crippen LogP contribution in [0.15, 0.2) is 54.2 Å². The van der Waals surface area contributed by atoms with E-state index in [4.69, 9.17) is 0 Å². The maximum Gasteiger partial charge on any atom is 0.112 e. The van der Waals surface area contributed by atoms with Crippen LogP contribution < -0.4 is 5.32 Å². The first-order valence-corrected chi connectivity index (χ1v) is 7.34. The first-order valence-electron chi connectivity index (χ1n) is 6.46. The van der Waals surface area contributed by atoms with Crippen LogP contribution in [0.1, 0.15) is 10.6 Å². The van der Waals surface area contributed by atoms with Gasteiger partial charge in [0.2, 0.25) is 0 Å². The molecule has 3 nitrogen and oxygen atoms in total. The first kappa shape index (κ1) is 12.8. The molecular weight excluding hydrogens is 266 g/mol. The predicted octanol–water partition coefficient (Wildman–Crippen LogP) is 4.13. The van der Waals surface area contributed by atoms with Crippen LogP contribution in [0.2, 0.25) is 0 Å². The van der Waals surface area contributed by atoms with E-state index < -0.39 is 0 Å². The van der Waals surface area contributed by atoms with Crippen LogP contribution in [0.3, 0.4) is 0 Å². The fourth-order valence-electron chi connectivity index (χ4n) is 1.96. The van der Waals surface area contributed by atoms with Crippen LogP contribution in [0.5, 0.6) is 0 Å². The zero-order chi connectivity index (χ0) is 13.8. The van der Waals surface area contributed by atoms with E-state index in [1.165, 1.54) is 0 Å². The molecule has 0 fully saturated rings. The zero-order valence-electron chi connectivity index (χ0n) is 11.2. The van der Waals surface area contributed by atoms with Gasteiger partial charge in [0.05, 0.1) is 17.9 Å². The Hall–Kier alpha value is -2.20. The average molecular weight is 281 g/mol. The van der Waals surface area contributed by atoms with E-state index >= 15 is 0 Å². The molecular formula is C16H15N3S. The van der Waals surface area contributed by atoms with Gasteiger partial charge in [-0.3, -0.25) is 4.98 Å². The number of hydrogen-bond acceptors (Lipinski definition) is 4. The van der Waals surface area contributed by atoms with Crippen LogP contribution in [0.4, 0.5) is 5.69 Å². The number of nitrogens with one attached hydrogen (secondary N) is 1. The van der Waals surface area contributed by atoms with Gasteiger partial charge in [0.25, 0.3) is 0 Å². The number of pyridine rings is 1. The Balaban J connectivity index is 1.69. The van der Waals surface area contributed by atoms with Crippen molar-refractivity contribution in [2.24, 2.45) is 0 Å². The molecule has 2 aromatic heterocycles. The minimum Gasteiger partial charge on any atom is -0.377 e. The normalized spacial score (nSPS) is 10.4. The zero-order valence-corrected chi connectivity index (χ0v) is 12.0. The molecule has 0 unspecified atom stereocenters. The van der Waals surface area contributed by atoms with Gasteiger partial charge in [0, 0.05) is 23.3 Å². The van der Waals surface area contributed by atoms with Crippen LogP contribution in [0, 0.1) is 6.92 Å². The minimum atomic E-state index is 0.725. The Morgan fingerprint density at radius 3 is 2.80 bits per heavy atom. The van der Waals surface area contributed by atoms with Crippen LogP contribution in [0.25, 0.3) is 11.3 Å². The number of anilines is 1. The molecule has 0 saturated heterocycles. The van der Waals surface area contributed by atoms with E-state index in [2.05, 4.69) is 38.9 Å². The average Bonchev–Trinajstić information content (AvgIpc) is 2.95. The summed E-state index contributed by atoms with van der Waals surface area (Å²) in [5.41, 5.74) is 4.38. The van der Waals surface area contributed by atoms with Crippen molar-refractivity contribution < 1.29 is 0 Å². The van der Waals surface area contributed by atoms with Gasteiger partial charge in [0.1, 0.15) is 5.01 Å². The minimum absolute atomic E-state index is 0.725. The Morgan fingerprint density at radius 2 is 2.00 bits per heavy atom. The van der Waals surface area contributed by atoms with Crippen molar-refractivity contribution in [1.29, 1.82) is 0 Å². The first-order chi connectivity index (χ1) is 9.81. The molecule has 100 valence electrons. The van der Waals surface area contributed by atoms with Crippen LogP contribution >= 0.6 is 11.3 Å². The number of benzene rings is 1. The van der Waals surface area contributed by atoms with Crippen molar-refractivity contribution in [2.45, 2.75) is 13.5 Å². The number of aryl methyl sites for hydroxylation is 1. The summed E-state index contributed by atoms with van der Waals surface area (Å²) in [5, 5.41) is 6.52. The molecule has 2 heterocycles. The molecule has 3 rings (SSSR count). The van der Waals surface area contributed by atoms with E-state index in [-0.39, 0.29) is 0 Å². The number of hydrogen-bond donors (Lipinski definition) is 1. The Kier molecular flexibility index (Phi) is 3.74. The Morgan fingerprint density at radius 1 is 1.15 bits per heavy atom. The molecule has 0 aliphatic carbocycles. The van der Waals surface area contributed by atoms with Gasteiger partial charge in [-0.2, -0.15) is 0 Å². The Labute approximate surface area is 122 Å². The third-order valence-corrected chi connectivity index (χ3v) is 3.79. The van der Waals surface area contributed by atoms with Crippen molar-refractivity contribution >= 4 is 17.0 Å². The highest BCUT2D eigenvalue weighted by Gasteiger charge is 2.04.